The lowest BCUT2D eigenvalue weighted by molar-refractivity contribution is 0.187. The number of ether oxygens (including phenoxy) is 1. The number of benzene rings is 1. The summed E-state index contributed by atoms with van der Waals surface area (Å²) in [5.41, 5.74) is 1.94. The number of carbonyl (C=O) groups excluding carboxylic acids is 1. The molecule has 1 amide bonds. The lowest BCUT2D eigenvalue weighted by Crippen LogP contribution is -2.13. The fourth-order valence-electron chi connectivity index (χ4n) is 1.98. The molecular formula is C14H10Cl2N6O2. The predicted octanol–water partition coefficient (Wildman–Crippen LogP) is 3.65. The summed E-state index contributed by atoms with van der Waals surface area (Å²) in [6.45, 7) is 0. The zero-order chi connectivity index (χ0) is 17.1. The summed E-state index contributed by atoms with van der Waals surface area (Å²) in [5, 5.41) is 5.91. The molecule has 0 bridgehead atoms. The summed E-state index contributed by atoms with van der Waals surface area (Å²) in [4.78, 5) is 27.9. The predicted molar refractivity (Wildman–Crippen MR) is 90.9 cm³/mol. The van der Waals surface area contributed by atoms with Gasteiger partial charge < -0.3 is 10.1 Å². The van der Waals surface area contributed by atoms with Crippen LogP contribution in [0.1, 0.15) is 0 Å². The van der Waals surface area contributed by atoms with Crippen LogP contribution in [0.25, 0.3) is 11.0 Å². The Bertz CT molecular complexity index is 921. The zero-order valence-electron chi connectivity index (χ0n) is 12.2. The largest absolute Gasteiger partial charge is 0.453 e. The molecule has 0 saturated carbocycles. The third-order valence-corrected chi connectivity index (χ3v) is 3.48. The minimum atomic E-state index is -0.650. The van der Waals surface area contributed by atoms with Gasteiger partial charge in [-0.2, -0.15) is 4.98 Å². The Balaban J connectivity index is 2.10. The smallest absolute Gasteiger partial charge is 0.411 e. The van der Waals surface area contributed by atoms with Crippen molar-refractivity contribution in [2.75, 3.05) is 17.7 Å². The first-order valence-corrected chi connectivity index (χ1v) is 7.38. The van der Waals surface area contributed by atoms with Gasteiger partial charge in [0, 0.05) is 12.4 Å². The van der Waals surface area contributed by atoms with E-state index in [-0.39, 0.29) is 16.1 Å². The molecule has 0 spiro atoms. The van der Waals surface area contributed by atoms with E-state index < -0.39 is 6.09 Å². The van der Waals surface area contributed by atoms with Crippen LogP contribution in [-0.4, -0.2) is 33.1 Å². The van der Waals surface area contributed by atoms with E-state index in [4.69, 9.17) is 23.2 Å². The molecule has 2 aromatic heterocycles. The number of fused-ring (bicyclic) bond motifs is 1. The molecule has 0 saturated heterocycles. The Kier molecular flexibility index (Phi) is 4.59. The van der Waals surface area contributed by atoms with E-state index in [1.54, 1.807) is 18.3 Å². The highest BCUT2D eigenvalue weighted by Crippen LogP contribution is 2.33. The van der Waals surface area contributed by atoms with Crippen molar-refractivity contribution in [1.82, 2.24) is 19.9 Å². The summed E-state index contributed by atoms with van der Waals surface area (Å²) < 4.78 is 4.65. The number of anilines is 3. The normalized spacial score (nSPS) is 10.5. The SMILES string of the molecule is COC(=O)Nc1c(Nc2nc(Cl)ncc2Cl)ccc2nccnc12. The minimum absolute atomic E-state index is 0.0324. The third kappa shape index (κ3) is 3.29. The average molecular weight is 365 g/mol. The first-order chi connectivity index (χ1) is 11.6. The quantitative estimate of drug-likeness (QED) is 0.683. The van der Waals surface area contributed by atoms with Crippen LogP contribution < -0.4 is 10.6 Å². The second-order valence-corrected chi connectivity index (χ2v) is 5.23. The molecule has 122 valence electrons. The first kappa shape index (κ1) is 16.2. The number of hydrogen-bond donors (Lipinski definition) is 2. The molecule has 10 heteroatoms. The number of rotatable bonds is 3. The number of hydrogen-bond acceptors (Lipinski definition) is 7. The Labute approximate surface area is 146 Å². The van der Waals surface area contributed by atoms with Crippen molar-refractivity contribution in [2.45, 2.75) is 0 Å². The maximum absolute atomic E-state index is 11.7. The Hall–Kier alpha value is -2.71. The second kappa shape index (κ2) is 6.81. The summed E-state index contributed by atoms with van der Waals surface area (Å²) >= 11 is 11.9. The Morgan fingerprint density at radius 2 is 1.96 bits per heavy atom. The second-order valence-electron chi connectivity index (χ2n) is 4.49. The van der Waals surface area contributed by atoms with E-state index in [0.717, 1.165) is 0 Å². The fraction of sp³-hybridized carbons (Fsp3) is 0.0714. The molecule has 2 heterocycles. The molecule has 8 nitrogen and oxygen atoms in total. The van der Waals surface area contributed by atoms with Gasteiger partial charge in [-0.05, 0) is 23.7 Å². The monoisotopic (exact) mass is 364 g/mol. The summed E-state index contributed by atoms with van der Waals surface area (Å²) in [6.07, 6.45) is 3.79. The lowest BCUT2D eigenvalue weighted by atomic mass is 10.2. The maximum Gasteiger partial charge on any atom is 0.411 e. The van der Waals surface area contributed by atoms with Gasteiger partial charge in [0.05, 0.1) is 30.2 Å². The van der Waals surface area contributed by atoms with Gasteiger partial charge in [0.2, 0.25) is 5.28 Å². The molecule has 1 aromatic carbocycles. The van der Waals surface area contributed by atoms with Crippen LogP contribution in [0.2, 0.25) is 10.3 Å². The van der Waals surface area contributed by atoms with E-state index in [1.807, 2.05) is 0 Å². The van der Waals surface area contributed by atoms with Gasteiger partial charge in [0.1, 0.15) is 10.5 Å². The number of nitrogens with one attached hydrogen (secondary N) is 2. The highest BCUT2D eigenvalue weighted by atomic mass is 35.5. The average Bonchev–Trinajstić information content (AvgIpc) is 2.59. The van der Waals surface area contributed by atoms with E-state index in [9.17, 15) is 4.79 Å². The Morgan fingerprint density at radius 3 is 2.75 bits per heavy atom. The molecule has 0 unspecified atom stereocenters. The highest BCUT2D eigenvalue weighted by molar-refractivity contribution is 6.33. The molecular weight excluding hydrogens is 355 g/mol. The summed E-state index contributed by atoms with van der Waals surface area (Å²) in [5.74, 6) is 0.285. The number of nitrogens with zero attached hydrogens (tertiary/aromatic N) is 4. The summed E-state index contributed by atoms with van der Waals surface area (Å²) in [7, 11) is 1.26. The highest BCUT2D eigenvalue weighted by Gasteiger charge is 2.15. The Morgan fingerprint density at radius 1 is 1.17 bits per heavy atom. The van der Waals surface area contributed by atoms with Crippen LogP contribution in [0, 0.1) is 0 Å². The van der Waals surface area contributed by atoms with E-state index in [1.165, 1.54) is 19.5 Å². The van der Waals surface area contributed by atoms with Crippen LogP contribution in [0.3, 0.4) is 0 Å². The molecule has 0 aliphatic rings. The maximum atomic E-state index is 11.7. The van der Waals surface area contributed by atoms with Crippen LogP contribution in [0.15, 0.2) is 30.7 Å². The third-order valence-electron chi connectivity index (χ3n) is 3.02. The van der Waals surface area contributed by atoms with E-state index in [0.29, 0.717) is 22.4 Å². The summed E-state index contributed by atoms with van der Waals surface area (Å²) in [6, 6.07) is 3.44. The van der Waals surface area contributed by atoms with Crippen molar-refractivity contribution in [1.29, 1.82) is 0 Å². The van der Waals surface area contributed by atoms with Crippen molar-refractivity contribution in [3.05, 3.63) is 41.0 Å². The van der Waals surface area contributed by atoms with Crippen molar-refractivity contribution in [3.63, 3.8) is 0 Å². The molecule has 0 atom stereocenters. The topological polar surface area (TPSA) is 102 Å². The van der Waals surface area contributed by atoms with Gasteiger partial charge in [0.15, 0.2) is 5.82 Å². The van der Waals surface area contributed by atoms with Gasteiger partial charge in [-0.25, -0.2) is 9.78 Å². The zero-order valence-corrected chi connectivity index (χ0v) is 13.8. The number of amides is 1. The van der Waals surface area contributed by atoms with Gasteiger partial charge >= 0.3 is 6.09 Å². The van der Waals surface area contributed by atoms with Gasteiger partial charge in [-0.3, -0.25) is 15.3 Å². The van der Waals surface area contributed by atoms with Crippen molar-refractivity contribution >= 4 is 57.5 Å². The van der Waals surface area contributed by atoms with Crippen LogP contribution in [0.5, 0.6) is 0 Å². The minimum Gasteiger partial charge on any atom is -0.453 e. The van der Waals surface area contributed by atoms with E-state index in [2.05, 4.69) is 35.3 Å². The molecule has 24 heavy (non-hydrogen) atoms. The first-order valence-electron chi connectivity index (χ1n) is 6.62. The van der Waals surface area contributed by atoms with Crippen molar-refractivity contribution in [2.24, 2.45) is 0 Å². The van der Waals surface area contributed by atoms with Crippen LogP contribution in [-0.2, 0) is 4.74 Å². The molecule has 3 rings (SSSR count). The molecule has 0 aliphatic carbocycles. The number of carbonyl (C=O) groups is 1. The van der Waals surface area contributed by atoms with Gasteiger partial charge in [-0.15, -0.1) is 0 Å². The van der Waals surface area contributed by atoms with Crippen LogP contribution in [0.4, 0.5) is 22.0 Å². The standard InChI is InChI=1S/C14H10Cl2N6O2/c1-24-14(23)21-11-9(3-2-8-10(11)18-5-4-17-8)20-12-7(15)6-19-13(16)22-12/h2-6H,1H3,(H,21,23)(H,19,20,22). The molecule has 0 aliphatic heterocycles. The van der Waals surface area contributed by atoms with Gasteiger partial charge in [0.25, 0.3) is 0 Å². The fourth-order valence-corrected chi connectivity index (χ4v) is 2.25. The lowest BCUT2D eigenvalue weighted by Gasteiger charge is -2.14. The molecule has 0 fully saturated rings. The van der Waals surface area contributed by atoms with Crippen molar-refractivity contribution < 1.29 is 9.53 Å². The number of halogens is 2. The van der Waals surface area contributed by atoms with Gasteiger partial charge in [-0.1, -0.05) is 11.6 Å². The number of methoxy groups -OCH3 is 1. The number of aromatic nitrogens is 4. The molecule has 0 radical (unpaired) electrons. The van der Waals surface area contributed by atoms with Crippen LogP contribution >= 0.6 is 23.2 Å². The molecule has 2 N–H and O–H groups in total. The van der Waals surface area contributed by atoms with Crippen molar-refractivity contribution in [3.8, 4) is 0 Å². The van der Waals surface area contributed by atoms with E-state index >= 15 is 0 Å². The molecule has 3 aromatic rings.